The number of nitrogens with one attached hydrogen (secondary N) is 1. The van der Waals surface area contributed by atoms with Crippen LogP contribution >= 0.6 is 11.3 Å². The zero-order chi connectivity index (χ0) is 11.4. The summed E-state index contributed by atoms with van der Waals surface area (Å²) in [4.78, 5) is 1.49. The molecule has 3 nitrogen and oxygen atoms in total. The molecule has 0 aliphatic carbocycles. The monoisotopic (exact) mass is 240 g/mol. The van der Waals surface area contributed by atoms with Crippen LogP contribution < -0.4 is 11.1 Å². The third-order valence-corrected chi connectivity index (χ3v) is 4.33. The molecule has 0 bridgehead atoms. The lowest BCUT2D eigenvalue weighted by atomic mass is 9.86. The number of hydrogen-bond donors (Lipinski definition) is 2. The van der Waals surface area contributed by atoms with Gasteiger partial charge in [-0.25, -0.2) is 0 Å². The fourth-order valence-electron chi connectivity index (χ4n) is 1.90. The third-order valence-electron chi connectivity index (χ3n) is 3.25. The lowest BCUT2D eigenvalue weighted by Crippen LogP contribution is -2.54. The lowest BCUT2D eigenvalue weighted by Gasteiger charge is -2.40. The summed E-state index contributed by atoms with van der Waals surface area (Å²) in [5.74, 6) is 0. The maximum atomic E-state index is 5.75. The number of nitrogens with two attached hydrogens (primary N) is 1. The first-order chi connectivity index (χ1) is 7.76. The van der Waals surface area contributed by atoms with Crippen molar-refractivity contribution in [1.29, 1.82) is 0 Å². The van der Waals surface area contributed by atoms with Gasteiger partial charge in [0.15, 0.2) is 0 Å². The van der Waals surface area contributed by atoms with Crippen molar-refractivity contribution < 1.29 is 4.74 Å². The molecule has 0 radical (unpaired) electrons. The van der Waals surface area contributed by atoms with Crippen molar-refractivity contribution in [3.05, 3.63) is 21.9 Å². The Morgan fingerprint density at radius 3 is 2.88 bits per heavy atom. The van der Waals surface area contributed by atoms with Crippen molar-refractivity contribution >= 4 is 11.3 Å². The van der Waals surface area contributed by atoms with Crippen LogP contribution in [0.15, 0.2) is 11.4 Å². The van der Waals surface area contributed by atoms with Crippen LogP contribution in [0.25, 0.3) is 0 Å². The summed E-state index contributed by atoms with van der Waals surface area (Å²) < 4.78 is 5.23. The number of rotatable bonds is 6. The molecule has 0 amide bonds. The Balaban J connectivity index is 1.67. The average Bonchev–Trinajstić information content (AvgIpc) is 2.62. The Morgan fingerprint density at radius 2 is 2.38 bits per heavy atom. The van der Waals surface area contributed by atoms with Crippen LogP contribution in [-0.4, -0.2) is 32.8 Å². The minimum absolute atomic E-state index is 0.213. The van der Waals surface area contributed by atoms with E-state index in [0.29, 0.717) is 0 Å². The molecule has 4 heteroatoms. The van der Waals surface area contributed by atoms with E-state index in [1.807, 2.05) is 11.3 Å². The Kier molecular flexibility index (Phi) is 3.97. The van der Waals surface area contributed by atoms with Crippen molar-refractivity contribution in [3.63, 3.8) is 0 Å². The van der Waals surface area contributed by atoms with Gasteiger partial charge in [0.05, 0.1) is 13.2 Å². The molecule has 90 valence electrons. The molecule has 1 fully saturated rings. The van der Waals surface area contributed by atoms with E-state index in [4.69, 9.17) is 10.5 Å². The minimum Gasteiger partial charge on any atom is -0.380 e. The summed E-state index contributed by atoms with van der Waals surface area (Å²) in [5.41, 5.74) is 7.37. The van der Waals surface area contributed by atoms with Gasteiger partial charge < -0.3 is 15.8 Å². The highest BCUT2D eigenvalue weighted by molar-refractivity contribution is 7.10. The average molecular weight is 240 g/mol. The number of hydrogen-bond acceptors (Lipinski definition) is 4. The van der Waals surface area contributed by atoms with E-state index in [-0.39, 0.29) is 5.41 Å². The van der Waals surface area contributed by atoms with E-state index in [9.17, 15) is 0 Å². The molecule has 0 saturated carbocycles. The first-order valence-electron chi connectivity index (χ1n) is 5.77. The standard InChI is InChI=1S/C12H20N2OS/c1-10-3-5-16-11(10)2-4-14-7-12(6-13)8-15-9-12/h3,5,14H,2,4,6-9,13H2,1H3. The molecule has 1 saturated heterocycles. The molecule has 1 aliphatic heterocycles. The highest BCUT2D eigenvalue weighted by atomic mass is 32.1. The topological polar surface area (TPSA) is 47.3 Å². The molecule has 1 aromatic rings. The molecule has 16 heavy (non-hydrogen) atoms. The van der Waals surface area contributed by atoms with Crippen molar-refractivity contribution in [2.45, 2.75) is 13.3 Å². The van der Waals surface area contributed by atoms with Crippen molar-refractivity contribution in [2.24, 2.45) is 11.1 Å². The quantitative estimate of drug-likeness (QED) is 0.734. The minimum atomic E-state index is 0.213. The van der Waals surface area contributed by atoms with Gasteiger partial charge in [0.2, 0.25) is 0 Å². The fourth-order valence-corrected chi connectivity index (χ4v) is 2.81. The van der Waals surface area contributed by atoms with Gasteiger partial charge >= 0.3 is 0 Å². The molecule has 1 aromatic heterocycles. The molecule has 0 unspecified atom stereocenters. The molecule has 2 heterocycles. The van der Waals surface area contributed by atoms with Crippen LogP contribution in [0.3, 0.4) is 0 Å². The highest BCUT2D eigenvalue weighted by Crippen LogP contribution is 2.24. The Hall–Kier alpha value is -0.420. The van der Waals surface area contributed by atoms with E-state index in [0.717, 1.165) is 39.3 Å². The smallest absolute Gasteiger partial charge is 0.0569 e. The molecule has 0 spiro atoms. The second-order valence-corrected chi connectivity index (χ2v) is 5.65. The van der Waals surface area contributed by atoms with Crippen molar-refractivity contribution in [1.82, 2.24) is 5.32 Å². The van der Waals surface area contributed by atoms with Crippen LogP contribution in [0.2, 0.25) is 0 Å². The Labute approximate surface area is 101 Å². The molecule has 1 aliphatic rings. The first kappa shape index (κ1) is 12.0. The number of thiophene rings is 1. The zero-order valence-electron chi connectivity index (χ0n) is 9.79. The summed E-state index contributed by atoms with van der Waals surface area (Å²) >= 11 is 1.84. The zero-order valence-corrected chi connectivity index (χ0v) is 10.6. The van der Waals surface area contributed by atoms with E-state index in [1.165, 1.54) is 10.4 Å². The molecule has 0 aromatic carbocycles. The van der Waals surface area contributed by atoms with E-state index < -0.39 is 0 Å². The van der Waals surface area contributed by atoms with Gasteiger partial charge in [-0.05, 0) is 36.9 Å². The molecule has 2 rings (SSSR count). The second-order valence-electron chi connectivity index (χ2n) is 4.65. The largest absolute Gasteiger partial charge is 0.380 e. The van der Waals surface area contributed by atoms with Crippen LogP contribution in [-0.2, 0) is 11.2 Å². The van der Waals surface area contributed by atoms with Gasteiger partial charge in [-0.15, -0.1) is 11.3 Å². The van der Waals surface area contributed by atoms with E-state index >= 15 is 0 Å². The third kappa shape index (κ3) is 2.63. The maximum absolute atomic E-state index is 5.75. The van der Waals surface area contributed by atoms with Crippen LogP contribution in [0.4, 0.5) is 0 Å². The fraction of sp³-hybridized carbons (Fsp3) is 0.667. The van der Waals surface area contributed by atoms with Gasteiger partial charge in [0, 0.05) is 23.4 Å². The van der Waals surface area contributed by atoms with Crippen molar-refractivity contribution in [2.75, 3.05) is 32.8 Å². The second kappa shape index (κ2) is 5.27. The van der Waals surface area contributed by atoms with Gasteiger partial charge in [0.25, 0.3) is 0 Å². The van der Waals surface area contributed by atoms with Gasteiger partial charge in [0.1, 0.15) is 0 Å². The van der Waals surface area contributed by atoms with Crippen molar-refractivity contribution in [3.8, 4) is 0 Å². The van der Waals surface area contributed by atoms with Crippen LogP contribution in [0.1, 0.15) is 10.4 Å². The van der Waals surface area contributed by atoms with Gasteiger partial charge in [-0.3, -0.25) is 0 Å². The molecule has 3 N–H and O–H groups in total. The summed E-state index contributed by atoms with van der Waals surface area (Å²) in [6.45, 7) is 6.53. The predicted molar refractivity (Wildman–Crippen MR) is 67.9 cm³/mol. The molecule has 0 atom stereocenters. The maximum Gasteiger partial charge on any atom is 0.0569 e. The van der Waals surface area contributed by atoms with Gasteiger partial charge in [-0.1, -0.05) is 0 Å². The van der Waals surface area contributed by atoms with E-state index in [1.54, 1.807) is 0 Å². The summed E-state index contributed by atoms with van der Waals surface area (Å²) in [6, 6.07) is 2.18. The lowest BCUT2D eigenvalue weighted by molar-refractivity contribution is -0.104. The summed E-state index contributed by atoms with van der Waals surface area (Å²) in [5, 5.41) is 5.65. The van der Waals surface area contributed by atoms with E-state index in [2.05, 4.69) is 23.7 Å². The molecular weight excluding hydrogens is 220 g/mol. The van der Waals surface area contributed by atoms with Crippen LogP contribution in [0.5, 0.6) is 0 Å². The normalized spacial score (nSPS) is 18.4. The summed E-state index contributed by atoms with van der Waals surface area (Å²) in [6.07, 6.45) is 1.12. The number of aryl methyl sites for hydroxylation is 1. The van der Waals surface area contributed by atoms with Crippen LogP contribution in [0, 0.1) is 12.3 Å². The summed E-state index contributed by atoms with van der Waals surface area (Å²) in [7, 11) is 0. The Morgan fingerprint density at radius 1 is 1.56 bits per heavy atom. The highest BCUT2D eigenvalue weighted by Gasteiger charge is 2.36. The predicted octanol–water partition coefficient (Wildman–Crippen LogP) is 1.16. The Bertz CT molecular complexity index is 328. The van der Waals surface area contributed by atoms with Gasteiger partial charge in [-0.2, -0.15) is 0 Å². The first-order valence-corrected chi connectivity index (χ1v) is 6.65. The SMILES string of the molecule is Cc1ccsc1CCNCC1(CN)COC1. The molecular formula is C12H20N2OS. The number of ether oxygens (including phenoxy) is 1.